The van der Waals surface area contributed by atoms with Gasteiger partial charge in [-0.3, -0.25) is 0 Å². The van der Waals surface area contributed by atoms with Crippen LogP contribution in [0.25, 0.3) is 0 Å². The normalized spacial score (nSPS) is 12.5. The average Bonchev–Trinajstić information content (AvgIpc) is 2.29. The molecule has 0 saturated carbocycles. The number of nitrogens with one attached hydrogen (secondary N) is 1. The van der Waals surface area contributed by atoms with Crippen LogP contribution < -0.4 is 10.1 Å². The minimum Gasteiger partial charge on any atom is -0.491 e. The third kappa shape index (κ3) is 5.42. The van der Waals surface area contributed by atoms with Crippen molar-refractivity contribution >= 4 is 11.6 Å². The molecular formula is C14H22ClNO. The van der Waals surface area contributed by atoms with Crippen LogP contribution in [0.5, 0.6) is 5.75 Å². The van der Waals surface area contributed by atoms with Crippen molar-refractivity contribution in [3.63, 3.8) is 0 Å². The minimum atomic E-state index is 0.552. The summed E-state index contributed by atoms with van der Waals surface area (Å²) in [5.74, 6) is 0.775. The largest absolute Gasteiger partial charge is 0.491 e. The molecule has 0 bridgehead atoms. The van der Waals surface area contributed by atoms with Gasteiger partial charge in [0.05, 0.1) is 5.02 Å². The molecule has 1 rings (SSSR count). The van der Waals surface area contributed by atoms with Gasteiger partial charge in [0.15, 0.2) is 0 Å². The molecule has 2 nitrogen and oxygen atoms in total. The number of aryl methyl sites for hydroxylation is 1. The molecule has 0 heterocycles. The standard InChI is InChI=1S/C14H22ClNO/c1-4-5-12(3)16-8-9-17-14-10-11(2)6-7-13(14)15/h6-7,10,12,16H,4-5,8-9H2,1-3H3. The summed E-state index contributed by atoms with van der Waals surface area (Å²) >= 11 is 6.04. The van der Waals surface area contributed by atoms with Gasteiger partial charge in [-0.2, -0.15) is 0 Å². The lowest BCUT2D eigenvalue weighted by Crippen LogP contribution is -2.30. The number of rotatable bonds is 7. The van der Waals surface area contributed by atoms with E-state index >= 15 is 0 Å². The molecule has 1 atom stereocenters. The molecule has 0 aromatic heterocycles. The number of hydrogen-bond donors (Lipinski definition) is 1. The van der Waals surface area contributed by atoms with Crippen LogP contribution in [-0.4, -0.2) is 19.2 Å². The lowest BCUT2D eigenvalue weighted by molar-refractivity contribution is 0.305. The first kappa shape index (κ1) is 14.3. The van der Waals surface area contributed by atoms with E-state index in [1.807, 2.05) is 25.1 Å². The van der Waals surface area contributed by atoms with Gasteiger partial charge in [-0.25, -0.2) is 0 Å². The molecular weight excluding hydrogens is 234 g/mol. The van der Waals surface area contributed by atoms with Gasteiger partial charge in [0, 0.05) is 12.6 Å². The van der Waals surface area contributed by atoms with Gasteiger partial charge in [0.1, 0.15) is 12.4 Å². The fourth-order valence-electron chi connectivity index (χ4n) is 1.72. The maximum Gasteiger partial charge on any atom is 0.138 e. The van der Waals surface area contributed by atoms with E-state index in [9.17, 15) is 0 Å². The quantitative estimate of drug-likeness (QED) is 0.749. The third-order valence-electron chi connectivity index (χ3n) is 2.66. The number of ether oxygens (including phenoxy) is 1. The van der Waals surface area contributed by atoms with Crippen LogP contribution in [0, 0.1) is 6.92 Å². The molecule has 0 aliphatic carbocycles. The van der Waals surface area contributed by atoms with Crippen LogP contribution in [0.15, 0.2) is 18.2 Å². The Morgan fingerprint density at radius 2 is 2.18 bits per heavy atom. The van der Waals surface area contributed by atoms with Crippen molar-refractivity contribution in [1.82, 2.24) is 5.32 Å². The number of hydrogen-bond acceptors (Lipinski definition) is 2. The molecule has 0 fully saturated rings. The van der Waals surface area contributed by atoms with Crippen molar-refractivity contribution in [2.45, 2.75) is 39.7 Å². The maximum atomic E-state index is 6.04. The van der Waals surface area contributed by atoms with Crippen LogP contribution in [0.2, 0.25) is 5.02 Å². The zero-order valence-corrected chi connectivity index (χ0v) is 11.7. The average molecular weight is 256 g/mol. The second-order valence-corrected chi connectivity index (χ2v) is 4.83. The lowest BCUT2D eigenvalue weighted by atomic mass is 10.2. The van der Waals surface area contributed by atoms with Crippen LogP contribution in [-0.2, 0) is 0 Å². The smallest absolute Gasteiger partial charge is 0.138 e. The Bertz CT molecular complexity index is 341. The highest BCUT2D eigenvalue weighted by atomic mass is 35.5. The highest BCUT2D eigenvalue weighted by Crippen LogP contribution is 2.24. The van der Waals surface area contributed by atoms with Crippen molar-refractivity contribution in [1.29, 1.82) is 0 Å². The molecule has 1 N–H and O–H groups in total. The maximum absolute atomic E-state index is 6.04. The fraction of sp³-hybridized carbons (Fsp3) is 0.571. The predicted molar refractivity (Wildman–Crippen MR) is 74.1 cm³/mol. The highest BCUT2D eigenvalue weighted by molar-refractivity contribution is 6.32. The van der Waals surface area contributed by atoms with Gasteiger partial charge in [-0.1, -0.05) is 31.0 Å². The summed E-state index contributed by atoms with van der Waals surface area (Å²) < 4.78 is 5.65. The first-order chi connectivity index (χ1) is 8.13. The Kier molecular flexibility index (Phi) is 6.38. The van der Waals surface area contributed by atoms with Crippen LogP contribution in [0.3, 0.4) is 0 Å². The summed E-state index contributed by atoms with van der Waals surface area (Å²) in [6.07, 6.45) is 2.41. The monoisotopic (exact) mass is 255 g/mol. The molecule has 17 heavy (non-hydrogen) atoms. The van der Waals surface area contributed by atoms with Crippen molar-refractivity contribution in [2.24, 2.45) is 0 Å². The van der Waals surface area contributed by atoms with Crippen LogP contribution in [0.1, 0.15) is 32.3 Å². The van der Waals surface area contributed by atoms with Gasteiger partial charge in [0.2, 0.25) is 0 Å². The second kappa shape index (κ2) is 7.57. The molecule has 0 spiro atoms. The van der Waals surface area contributed by atoms with E-state index in [-0.39, 0.29) is 0 Å². The third-order valence-corrected chi connectivity index (χ3v) is 2.97. The van der Waals surface area contributed by atoms with E-state index in [4.69, 9.17) is 16.3 Å². The molecule has 0 radical (unpaired) electrons. The SMILES string of the molecule is CCCC(C)NCCOc1cc(C)ccc1Cl. The van der Waals surface area contributed by atoms with Crippen LogP contribution in [0.4, 0.5) is 0 Å². The van der Waals surface area contributed by atoms with E-state index < -0.39 is 0 Å². The first-order valence-electron chi connectivity index (χ1n) is 6.25. The summed E-state index contributed by atoms with van der Waals surface area (Å²) in [7, 11) is 0. The Labute approximate surface area is 109 Å². The molecule has 1 aromatic carbocycles. The van der Waals surface area contributed by atoms with Gasteiger partial charge in [-0.15, -0.1) is 0 Å². The lowest BCUT2D eigenvalue weighted by Gasteiger charge is -2.13. The summed E-state index contributed by atoms with van der Waals surface area (Å²) in [5, 5.41) is 4.10. The van der Waals surface area contributed by atoms with E-state index in [1.54, 1.807) is 0 Å². The zero-order chi connectivity index (χ0) is 12.7. The van der Waals surface area contributed by atoms with Gasteiger partial charge < -0.3 is 10.1 Å². The predicted octanol–water partition coefficient (Wildman–Crippen LogP) is 3.81. The van der Waals surface area contributed by atoms with E-state index in [0.717, 1.165) is 17.9 Å². The zero-order valence-electron chi connectivity index (χ0n) is 10.9. The molecule has 96 valence electrons. The molecule has 1 aromatic rings. The first-order valence-corrected chi connectivity index (χ1v) is 6.63. The Hall–Kier alpha value is -0.730. The van der Waals surface area contributed by atoms with Crippen molar-refractivity contribution < 1.29 is 4.74 Å². The summed E-state index contributed by atoms with van der Waals surface area (Å²) in [5.41, 5.74) is 1.16. The van der Waals surface area contributed by atoms with Crippen LogP contribution >= 0.6 is 11.6 Å². The molecule has 0 aliphatic rings. The molecule has 0 aliphatic heterocycles. The van der Waals surface area contributed by atoms with Gasteiger partial charge in [-0.05, 0) is 38.0 Å². The fourth-order valence-corrected chi connectivity index (χ4v) is 1.89. The van der Waals surface area contributed by atoms with Gasteiger partial charge in [0.25, 0.3) is 0 Å². The second-order valence-electron chi connectivity index (χ2n) is 4.43. The molecule has 3 heteroatoms. The van der Waals surface area contributed by atoms with E-state index in [0.29, 0.717) is 17.7 Å². The minimum absolute atomic E-state index is 0.552. The summed E-state index contributed by atoms with van der Waals surface area (Å²) in [6.45, 7) is 7.93. The van der Waals surface area contributed by atoms with E-state index in [2.05, 4.69) is 19.2 Å². The Balaban J connectivity index is 2.28. The summed E-state index contributed by atoms with van der Waals surface area (Å²) in [6, 6.07) is 6.38. The highest BCUT2D eigenvalue weighted by Gasteiger charge is 2.02. The van der Waals surface area contributed by atoms with Crippen molar-refractivity contribution in [3.05, 3.63) is 28.8 Å². The van der Waals surface area contributed by atoms with Gasteiger partial charge >= 0.3 is 0 Å². The topological polar surface area (TPSA) is 21.3 Å². The Morgan fingerprint density at radius 3 is 2.88 bits per heavy atom. The number of halogens is 1. The Morgan fingerprint density at radius 1 is 1.41 bits per heavy atom. The molecule has 0 saturated heterocycles. The molecule has 1 unspecified atom stereocenters. The van der Waals surface area contributed by atoms with Crippen molar-refractivity contribution in [2.75, 3.05) is 13.2 Å². The number of benzene rings is 1. The summed E-state index contributed by atoms with van der Waals surface area (Å²) in [4.78, 5) is 0. The van der Waals surface area contributed by atoms with E-state index in [1.165, 1.54) is 12.8 Å². The van der Waals surface area contributed by atoms with Crippen molar-refractivity contribution in [3.8, 4) is 5.75 Å². The molecule has 0 amide bonds.